The molecule has 0 N–H and O–H groups in total. The van der Waals surface area contributed by atoms with Crippen molar-refractivity contribution in [1.29, 1.82) is 0 Å². The Bertz CT molecular complexity index is 1140. The zero-order chi connectivity index (χ0) is 35.2. The molecule has 2 saturated heterocycles. The molecule has 0 spiro atoms. The van der Waals surface area contributed by atoms with Gasteiger partial charge in [-0.15, -0.1) is 0 Å². The molecule has 2 heterocycles. The molecular formula is C41H66F2O6. The number of rotatable bonds is 14. The molecule has 5 aliphatic rings. The van der Waals surface area contributed by atoms with Crippen molar-refractivity contribution < 1.29 is 37.2 Å². The molecule has 280 valence electrons. The van der Waals surface area contributed by atoms with Crippen LogP contribution in [0.5, 0.6) is 0 Å². The molecule has 0 aromatic carbocycles. The third-order valence-electron chi connectivity index (χ3n) is 12.5. The molecule has 3 unspecified atom stereocenters. The highest BCUT2D eigenvalue weighted by Gasteiger charge is 2.53. The molecule has 9 atom stereocenters. The summed E-state index contributed by atoms with van der Waals surface area (Å²) in [4.78, 5) is 0. The van der Waals surface area contributed by atoms with E-state index in [1.165, 1.54) is 25.0 Å². The fraction of sp³-hybridized carbons (Fsp3) is 0.854. The van der Waals surface area contributed by atoms with Gasteiger partial charge in [0.05, 0.1) is 12.2 Å². The van der Waals surface area contributed by atoms with Crippen LogP contribution in [0.4, 0.5) is 8.78 Å². The first-order valence-corrected chi connectivity index (χ1v) is 19.6. The van der Waals surface area contributed by atoms with Crippen molar-refractivity contribution >= 4 is 0 Å². The van der Waals surface area contributed by atoms with Crippen molar-refractivity contribution in [3.63, 3.8) is 0 Å². The van der Waals surface area contributed by atoms with Gasteiger partial charge in [-0.25, -0.2) is 8.78 Å². The molecular weight excluding hydrogens is 626 g/mol. The lowest BCUT2D eigenvalue weighted by Gasteiger charge is -2.45. The first-order valence-electron chi connectivity index (χ1n) is 19.6. The van der Waals surface area contributed by atoms with Gasteiger partial charge in [0.25, 0.3) is 5.92 Å². The fourth-order valence-electron chi connectivity index (χ4n) is 9.60. The largest absolute Gasteiger partial charge is 0.353 e. The highest BCUT2D eigenvalue weighted by molar-refractivity contribution is 5.39. The average Bonchev–Trinajstić information content (AvgIpc) is 3.42. The van der Waals surface area contributed by atoms with Crippen LogP contribution in [0.3, 0.4) is 0 Å². The van der Waals surface area contributed by atoms with Gasteiger partial charge in [0.2, 0.25) is 0 Å². The summed E-state index contributed by atoms with van der Waals surface area (Å²) in [6, 6.07) is 0. The summed E-state index contributed by atoms with van der Waals surface area (Å²) in [5, 5.41) is 0. The van der Waals surface area contributed by atoms with Gasteiger partial charge in [-0.2, -0.15) is 0 Å². The van der Waals surface area contributed by atoms with Gasteiger partial charge < -0.3 is 28.4 Å². The van der Waals surface area contributed by atoms with Gasteiger partial charge in [0.15, 0.2) is 18.9 Å². The van der Waals surface area contributed by atoms with Crippen LogP contribution in [0, 0.1) is 23.2 Å². The van der Waals surface area contributed by atoms with Crippen molar-refractivity contribution in [2.24, 2.45) is 23.2 Å². The molecule has 2 aliphatic heterocycles. The molecule has 3 saturated carbocycles. The van der Waals surface area contributed by atoms with E-state index in [0.29, 0.717) is 24.9 Å². The van der Waals surface area contributed by atoms with Crippen molar-refractivity contribution in [2.75, 3.05) is 19.8 Å². The summed E-state index contributed by atoms with van der Waals surface area (Å²) in [6.07, 6.45) is 17.3. The Morgan fingerprint density at radius 1 is 0.959 bits per heavy atom. The predicted octanol–water partition coefficient (Wildman–Crippen LogP) is 10.5. The Hall–Kier alpha value is -1.16. The van der Waals surface area contributed by atoms with Crippen LogP contribution in [0.1, 0.15) is 138 Å². The van der Waals surface area contributed by atoms with Crippen LogP contribution in [0.2, 0.25) is 0 Å². The van der Waals surface area contributed by atoms with Gasteiger partial charge in [-0.05, 0) is 145 Å². The van der Waals surface area contributed by atoms with Gasteiger partial charge in [0, 0.05) is 32.7 Å². The molecule has 0 aromatic heterocycles. The number of allylic oxidation sites excluding steroid dienone is 3. The van der Waals surface area contributed by atoms with E-state index in [9.17, 15) is 0 Å². The lowest BCUT2D eigenvalue weighted by molar-refractivity contribution is -0.264. The second-order valence-electron chi connectivity index (χ2n) is 16.3. The number of fused-ring (bicyclic) bond motifs is 1. The molecule has 3 aliphatic carbocycles. The Kier molecular flexibility index (Phi) is 13.6. The predicted molar refractivity (Wildman–Crippen MR) is 189 cm³/mol. The van der Waals surface area contributed by atoms with E-state index in [2.05, 4.69) is 32.6 Å². The zero-order valence-electron chi connectivity index (χ0n) is 31.4. The average molecular weight is 693 g/mol. The second-order valence-corrected chi connectivity index (χ2v) is 16.3. The Morgan fingerprint density at radius 3 is 2.31 bits per heavy atom. The van der Waals surface area contributed by atoms with Gasteiger partial charge in [0.1, 0.15) is 5.60 Å². The van der Waals surface area contributed by atoms with E-state index in [-0.39, 0.29) is 42.5 Å². The van der Waals surface area contributed by atoms with Crippen LogP contribution >= 0.6 is 0 Å². The number of hydrogen-bond donors (Lipinski definition) is 0. The summed E-state index contributed by atoms with van der Waals surface area (Å²) in [6.45, 7) is 17.6. The minimum absolute atomic E-state index is 0.0102. The van der Waals surface area contributed by atoms with E-state index in [1.807, 2.05) is 6.92 Å². The number of ether oxygens (including phenoxy) is 6. The van der Waals surface area contributed by atoms with Gasteiger partial charge >= 0.3 is 0 Å². The van der Waals surface area contributed by atoms with E-state index >= 15 is 8.78 Å². The van der Waals surface area contributed by atoms with Crippen molar-refractivity contribution in [2.45, 2.75) is 180 Å². The number of hydrogen-bond acceptors (Lipinski definition) is 6. The van der Waals surface area contributed by atoms with Crippen LogP contribution < -0.4 is 0 Å². The first kappa shape index (κ1) is 39.1. The highest BCUT2D eigenvalue weighted by Crippen LogP contribution is 2.60. The zero-order valence-corrected chi connectivity index (χ0v) is 31.4. The Morgan fingerprint density at radius 2 is 1.65 bits per heavy atom. The molecule has 6 nitrogen and oxygen atoms in total. The normalized spacial score (nSPS) is 36.2. The molecule has 0 bridgehead atoms. The molecule has 5 fully saturated rings. The fourth-order valence-corrected chi connectivity index (χ4v) is 9.60. The monoisotopic (exact) mass is 692 g/mol. The third kappa shape index (κ3) is 9.64. The first-order chi connectivity index (χ1) is 23.3. The van der Waals surface area contributed by atoms with Crippen LogP contribution in [-0.2, 0) is 28.4 Å². The second kappa shape index (κ2) is 17.1. The van der Waals surface area contributed by atoms with E-state index in [0.717, 1.165) is 102 Å². The topological polar surface area (TPSA) is 55.4 Å². The quantitative estimate of drug-likeness (QED) is 0.169. The number of halogens is 2. The van der Waals surface area contributed by atoms with Crippen LogP contribution in [-0.4, -0.2) is 62.4 Å². The maximum Gasteiger partial charge on any atom is 0.276 e. The molecule has 5 rings (SSSR count). The maximum atomic E-state index is 15.5. The molecule has 49 heavy (non-hydrogen) atoms. The summed E-state index contributed by atoms with van der Waals surface area (Å²) in [5.74, 6) is -1.86. The van der Waals surface area contributed by atoms with Crippen molar-refractivity contribution in [3.05, 3.63) is 35.5 Å². The summed E-state index contributed by atoms with van der Waals surface area (Å²) >= 11 is 0. The Balaban J connectivity index is 1.26. The van der Waals surface area contributed by atoms with Gasteiger partial charge in [-0.1, -0.05) is 38.2 Å². The summed E-state index contributed by atoms with van der Waals surface area (Å²) in [5.41, 5.74) is 2.25. The lowest BCUT2D eigenvalue weighted by atomic mass is 9.60. The van der Waals surface area contributed by atoms with Gasteiger partial charge in [-0.3, -0.25) is 0 Å². The molecule has 0 amide bonds. The third-order valence-corrected chi connectivity index (χ3v) is 12.5. The van der Waals surface area contributed by atoms with Crippen molar-refractivity contribution in [3.8, 4) is 0 Å². The smallest absolute Gasteiger partial charge is 0.276 e. The van der Waals surface area contributed by atoms with E-state index in [1.54, 1.807) is 6.92 Å². The maximum absolute atomic E-state index is 15.5. The standard InChI is InChI=1S/C41H66F2O6/c1-8-44-30(4)49-39(5,6)41(42,43)23-21-28(2)34-19-20-35-31(14-13-22-40(34,35)7)17-18-32-26-33(47-37-15-9-11-24-45-37)27-36(29(32)3)48-38-16-10-12-25-46-38/h17-18,28,30,33-38H,3,8-16,19-27H2,1-2,4-7H3/b31-17+,32-18-/t28-,30?,33-,34-,35+,36+,37?,38?,40-/m1/s1. The van der Waals surface area contributed by atoms with E-state index < -0.39 is 17.8 Å². The SMILES string of the molecule is C=C1/C(=C\C=C2/CCC[C@]3(C)[C@@H]([C@H](C)CCC(F)(F)C(C)(C)OC(C)OCC)CC[C@@H]23)C[C@@H](OC2CCCCO2)C[C@@H]1OC1CCCCO1. The van der Waals surface area contributed by atoms with Crippen LogP contribution in [0.15, 0.2) is 35.5 Å². The molecule has 0 radical (unpaired) electrons. The van der Waals surface area contributed by atoms with E-state index in [4.69, 9.17) is 28.4 Å². The summed E-state index contributed by atoms with van der Waals surface area (Å²) in [7, 11) is 0. The minimum Gasteiger partial charge on any atom is -0.353 e. The Labute approximate surface area is 295 Å². The highest BCUT2D eigenvalue weighted by atomic mass is 19.3. The molecule has 8 heteroatoms. The van der Waals surface area contributed by atoms with Crippen molar-refractivity contribution in [1.82, 2.24) is 0 Å². The number of alkyl halides is 2. The minimum atomic E-state index is -2.95. The summed E-state index contributed by atoms with van der Waals surface area (Å²) < 4.78 is 67.1. The van der Waals surface area contributed by atoms with Crippen LogP contribution in [0.25, 0.3) is 0 Å². The molecule has 0 aromatic rings. The lowest BCUT2D eigenvalue weighted by Crippen LogP contribution is -2.48.